The maximum Gasteiger partial charge on any atom is 0.407 e. The quantitative estimate of drug-likeness (QED) is 0.689. The van der Waals surface area contributed by atoms with E-state index in [0.29, 0.717) is 13.1 Å². The van der Waals surface area contributed by atoms with Gasteiger partial charge in [0.2, 0.25) is 0 Å². The molecule has 1 unspecified atom stereocenters. The minimum Gasteiger partial charge on any atom is -0.465 e. The highest BCUT2D eigenvalue weighted by molar-refractivity contribution is 5.66. The highest BCUT2D eigenvalue weighted by Gasteiger charge is 2.47. The number of carboxylic acid groups (broad SMARTS) is 1. The second-order valence-corrected chi connectivity index (χ2v) is 4.51. The van der Waals surface area contributed by atoms with E-state index in [9.17, 15) is 4.79 Å². The Labute approximate surface area is 89.3 Å². The molecule has 5 heteroatoms. The molecule has 86 valence electrons. The van der Waals surface area contributed by atoms with Crippen LogP contribution in [-0.4, -0.2) is 64.4 Å². The average molecular weight is 214 g/mol. The van der Waals surface area contributed by atoms with Gasteiger partial charge in [0, 0.05) is 26.2 Å². The number of hydrogen-bond donors (Lipinski definition) is 2. The zero-order valence-corrected chi connectivity index (χ0v) is 8.85. The fourth-order valence-electron chi connectivity index (χ4n) is 2.93. The van der Waals surface area contributed by atoms with Crippen molar-refractivity contribution in [2.24, 2.45) is 0 Å². The Morgan fingerprint density at radius 2 is 2.13 bits per heavy atom. The molecule has 2 saturated heterocycles. The van der Waals surface area contributed by atoms with Crippen LogP contribution in [0.3, 0.4) is 0 Å². The van der Waals surface area contributed by atoms with Gasteiger partial charge in [-0.1, -0.05) is 0 Å². The first kappa shape index (κ1) is 10.7. The SMILES string of the molecule is O=C(O)N1CCCC12CCN(CCO)C2. The molecule has 2 aliphatic heterocycles. The Balaban J connectivity index is 2.04. The fourth-order valence-corrected chi connectivity index (χ4v) is 2.93. The van der Waals surface area contributed by atoms with Crippen molar-refractivity contribution in [2.75, 3.05) is 32.8 Å². The molecule has 1 amide bonds. The Bertz CT molecular complexity index is 259. The van der Waals surface area contributed by atoms with Crippen molar-refractivity contribution >= 4 is 6.09 Å². The van der Waals surface area contributed by atoms with Crippen molar-refractivity contribution in [3.05, 3.63) is 0 Å². The highest BCUT2D eigenvalue weighted by atomic mass is 16.4. The molecular weight excluding hydrogens is 196 g/mol. The zero-order chi connectivity index (χ0) is 10.9. The predicted molar refractivity (Wildman–Crippen MR) is 54.8 cm³/mol. The summed E-state index contributed by atoms with van der Waals surface area (Å²) in [6, 6.07) is 0. The van der Waals surface area contributed by atoms with E-state index < -0.39 is 6.09 Å². The minimum atomic E-state index is -0.793. The molecule has 0 aromatic carbocycles. The maximum absolute atomic E-state index is 11.1. The fraction of sp³-hybridized carbons (Fsp3) is 0.900. The van der Waals surface area contributed by atoms with E-state index in [0.717, 1.165) is 32.4 Å². The second kappa shape index (κ2) is 3.98. The van der Waals surface area contributed by atoms with Crippen LogP contribution < -0.4 is 0 Å². The molecular formula is C10H18N2O3. The van der Waals surface area contributed by atoms with Crippen LogP contribution in [-0.2, 0) is 0 Å². The first-order valence-corrected chi connectivity index (χ1v) is 5.52. The standard InChI is InChI=1S/C10H18N2O3/c13-7-6-11-5-3-10(8-11)2-1-4-12(10)9(14)15/h13H,1-8H2,(H,14,15). The van der Waals surface area contributed by atoms with Crippen LogP contribution >= 0.6 is 0 Å². The third-order valence-electron chi connectivity index (χ3n) is 3.65. The third kappa shape index (κ3) is 1.81. The van der Waals surface area contributed by atoms with Crippen LogP contribution in [0.4, 0.5) is 4.79 Å². The number of aliphatic hydroxyl groups excluding tert-OH is 1. The summed E-state index contributed by atoms with van der Waals surface area (Å²) in [4.78, 5) is 14.8. The molecule has 5 nitrogen and oxygen atoms in total. The number of hydrogen-bond acceptors (Lipinski definition) is 3. The van der Waals surface area contributed by atoms with Crippen molar-refractivity contribution in [1.82, 2.24) is 9.80 Å². The normalized spacial score (nSPS) is 31.7. The van der Waals surface area contributed by atoms with Gasteiger partial charge in [-0.2, -0.15) is 0 Å². The van der Waals surface area contributed by atoms with Gasteiger partial charge in [0.15, 0.2) is 0 Å². The number of amides is 1. The predicted octanol–water partition coefficient (Wildman–Crippen LogP) is 0.197. The van der Waals surface area contributed by atoms with Gasteiger partial charge in [0.25, 0.3) is 0 Å². The lowest BCUT2D eigenvalue weighted by Gasteiger charge is -2.32. The molecule has 15 heavy (non-hydrogen) atoms. The molecule has 0 bridgehead atoms. The summed E-state index contributed by atoms with van der Waals surface area (Å²) >= 11 is 0. The number of nitrogens with zero attached hydrogens (tertiary/aromatic N) is 2. The summed E-state index contributed by atoms with van der Waals surface area (Å²) in [6.45, 7) is 3.19. The number of carbonyl (C=O) groups is 1. The smallest absolute Gasteiger partial charge is 0.407 e. The van der Waals surface area contributed by atoms with Crippen molar-refractivity contribution in [3.63, 3.8) is 0 Å². The highest BCUT2D eigenvalue weighted by Crippen LogP contribution is 2.37. The van der Waals surface area contributed by atoms with Gasteiger partial charge in [-0.05, 0) is 19.3 Å². The molecule has 2 rings (SSSR count). The van der Waals surface area contributed by atoms with Gasteiger partial charge in [-0.15, -0.1) is 0 Å². The topological polar surface area (TPSA) is 64.0 Å². The Morgan fingerprint density at radius 3 is 2.80 bits per heavy atom. The molecule has 2 heterocycles. The van der Waals surface area contributed by atoms with E-state index in [1.165, 1.54) is 0 Å². The lowest BCUT2D eigenvalue weighted by atomic mass is 9.95. The summed E-state index contributed by atoms with van der Waals surface area (Å²) in [5.41, 5.74) is -0.152. The molecule has 0 radical (unpaired) electrons. The number of likely N-dealkylation sites (tertiary alicyclic amines) is 2. The van der Waals surface area contributed by atoms with E-state index in [2.05, 4.69) is 4.90 Å². The Morgan fingerprint density at radius 1 is 1.33 bits per heavy atom. The summed E-state index contributed by atoms with van der Waals surface area (Å²) in [6.07, 6.45) is 2.07. The van der Waals surface area contributed by atoms with Crippen molar-refractivity contribution in [2.45, 2.75) is 24.8 Å². The van der Waals surface area contributed by atoms with Gasteiger partial charge in [0.05, 0.1) is 12.1 Å². The van der Waals surface area contributed by atoms with Crippen LogP contribution in [0.2, 0.25) is 0 Å². The summed E-state index contributed by atoms with van der Waals surface area (Å²) in [5, 5.41) is 18.0. The molecule has 0 saturated carbocycles. The van der Waals surface area contributed by atoms with Gasteiger partial charge < -0.3 is 15.1 Å². The monoisotopic (exact) mass is 214 g/mol. The van der Waals surface area contributed by atoms with Crippen LogP contribution in [0.15, 0.2) is 0 Å². The summed E-state index contributed by atoms with van der Waals surface area (Å²) in [7, 11) is 0. The third-order valence-corrected chi connectivity index (χ3v) is 3.65. The van der Waals surface area contributed by atoms with Crippen molar-refractivity contribution < 1.29 is 15.0 Å². The van der Waals surface area contributed by atoms with Crippen LogP contribution in [0.25, 0.3) is 0 Å². The lowest BCUT2D eigenvalue weighted by molar-refractivity contribution is 0.102. The molecule has 1 atom stereocenters. The van der Waals surface area contributed by atoms with Gasteiger partial charge in [0.1, 0.15) is 0 Å². The first-order chi connectivity index (χ1) is 7.18. The first-order valence-electron chi connectivity index (χ1n) is 5.52. The summed E-state index contributed by atoms with van der Waals surface area (Å²) in [5.74, 6) is 0. The van der Waals surface area contributed by atoms with Crippen molar-refractivity contribution in [1.29, 1.82) is 0 Å². The minimum absolute atomic E-state index is 0.152. The summed E-state index contributed by atoms with van der Waals surface area (Å²) < 4.78 is 0. The largest absolute Gasteiger partial charge is 0.465 e. The average Bonchev–Trinajstić information content (AvgIpc) is 2.76. The zero-order valence-electron chi connectivity index (χ0n) is 8.85. The van der Waals surface area contributed by atoms with Gasteiger partial charge >= 0.3 is 6.09 Å². The number of aliphatic hydroxyl groups is 1. The van der Waals surface area contributed by atoms with Crippen LogP contribution in [0.5, 0.6) is 0 Å². The van der Waals surface area contributed by atoms with E-state index in [1.54, 1.807) is 4.90 Å². The van der Waals surface area contributed by atoms with E-state index >= 15 is 0 Å². The lowest BCUT2D eigenvalue weighted by Crippen LogP contribution is -2.48. The molecule has 2 N–H and O–H groups in total. The van der Waals surface area contributed by atoms with Crippen LogP contribution in [0, 0.1) is 0 Å². The molecule has 1 spiro atoms. The number of β-amino-alcohol motifs (C(OH)–C–C–N with tert-alkyl or cyclic N) is 1. The molecule has 2 fully saturated rings. The van der Waals surface area contributed by atoms with Gasteiger partial charge in [-0.25, -0.2) is 4.79 Å². The molecule has 0 aromatic rings. The van der Waals surface area contributed by atoms with Crippen molar-refractivity contribution in [3.8, 4) is 0 Å². The van der Waals surface area contributed by atoms with Crippen LogP contribution in [0.1, 0.15) is 19.3 Å². The van der Waals surface area contributed by atoms with E-state index in [1.807, 2.05) is 0 Å². The Hall–Kier alpha value is -0.810. The maximum atomic E-state index is 11.1. The number of rotatable bonds is 2. The van der Waals surface area contributed by atoms with E-state index in [4.69, 9.17) is 10.2 Å². The van der Waals surface area contributed by atoms with E-state index in [-0.39, 0.29) is 12.1 Å². The molecule has 0 aliphatic carbocycles. The van der Waals surface area contributed by atoms with Gasteiger partial charge in [-0.3, -0.25) is 4.90 Å². The molecule has 2 aliphatic rings. The second-order valence-electron chi connectivity index (χ2n) is 4.51. The Kier molecular flexibility index (Phi) is 2.84. The molecule has 0 aromatic heterocycles.